The van der Waals surface area contributed by atoms with E-state index in [2.05, 4.69) is 36.2 Å². The van der Waals surface area contributed by atoms with Crippen molar-refractivity contribution in [1.29, 1.82) is 0 Å². The Balaban J connectivity index is 1.49. The van der Waals surface area contributed by atoms with Gasteiger partial charge in [0.25, 0.3) is 5.56 Å². The van der Waals surface area contributed by atoms with Crippen LogP contribution in [-0.4, -0.2) is 26.1 Å². The lowest BCUT2D eigenvalue weighted by Crippen LogP contribution is -2.30. The predicted octanol–water partition coefficient (Wildman–Crippen LogP) is 4.22. The number of ether oxygens (including phenoxy) is 1. The fourth-order valence-electron chi connectivity index (χ4n) is 3.36. The Morgan fingerprint density at radius 1 is 1.07 bits per heavy atom. The van der Waals surface area contributed by atoms with Crippen molar-refractivity contribution in [2.24, 2.45) is 0 Å². The number of halogens is 1. The van der Waals surface area contributed by atoms with Crippen LogP contribution in [0.25, 0.3) is 22.2 Å². The average Bonchev–Trinajstić information content (AvgIpc) is 2.74. The Morgan fingerprint density at radius 3 is 2.86 bits per heavy atom. The molecule has 0 aliphatic carbocycles. The van der Waals surface area contributed by atoms with Crippen molar-refractivity contribution in [3.8, 4) is 22.8 Å². The molecule has 144 valence electrons. The van der Waals surface area contributed by atoms with Crippen molar-refractivity contribution in [3.05, 3.63) is 69.8 Å². The highest BCUT2D eigenvalue weighted by molar-refractivity contribution is 9.10. The Kier molecular flexibility index (Phi) is 4.48. The molecule has 8 heteroatoms. The SMILES string of the molecule is O=c1c(-c2ccc3cc(Oc4ccnc(Br)c4)ccc3n2)cnc2n1CCCN2. The van der Waals surface area contributed by atoms with Gasteiger partial charge in [-0.25, -0.2) is 15.0 Å². The van der Waals surface area contributed by atoms with E-state index >= 15 is 0 Å². The standard InChI is InChI=1S/C21H16BrN5O2/c22-19-11-15(6-8-23-19)29-14-3-5-17-13(10-14)2-4-18(26-17)16-12-25-21-24-7-1-9-27(21)20(16)28/h2-6,8,10-12H,1,7,9H2,(H,24,25). The highest BCUT2D eigenvalue weighted by atomic mass is 79.9. The molecule has 1 aliphatic heterocycles. The van der Waals surface area contributed by atoms with Crippen LogP contribution in [0.1, 0.15) is 6.42 Å². The summed E-state index contributed by atoms with van der Waals surface area (Å²) in [4.78, 5) is 26.0. The molecule has 1 N–H and O–H groups in total. The van der Waals surface area contributed by atoms with E-state index in [1.165, 1.54) is 0 Å². The van der Waals surface area contributed by atoms with E-state index in [1.807, 2.05) is 30.3 Å². The van der Waals surface area contributed by atoms with Crippen molar-refractivity contribution < 1.29 is 4.74 Å². The third kappa shape index (κ3) is 3.47. The number of rotatable bonds is 3. The fraction of sp³-hybridized carbons (Fsp3) is 0.143. The Bertz CT molecular complexity index is 1290. The Hall–Kier alpha value is -3.26. The highest BCUT2D eigenvalue weighted by Crippen LogP contribution is 2.27. The second-order valence-corrected chi connectivity index (χ2v) is 7.51. The molecule has 3 aromatic heterocycles. The molecule has 0 atom stereocenters. The van der Waals surface area contributed by atoms with Crippen LogP contribution in [0, 0.1) is 0 Å². The van der Waals surface area contributed by atoms with Gasteiger partial charge in [-0.2, -0.15) is 0 Å². The summed E-state index contributed by atoms with van der Waals surface area (Å²) in [6.07, 6.45) is 4.18. The van der Waals surface area contributed by atoms with E-state index in [4.69, 9.17) is 4.74 Å². The van der Waals surface area contributed by atoms with Gasteiger partial charge in [0, 0.05) is 36.9 Å². The second kappa shape index (κ2) is 7.29. The first-order valence-electron chi connectivity index (χ1n) is 9.22. The minimum Gasteiger partial charge on any atom is -0.457 e. The van der Waals surface area contributed by atoms with E-state index in [9.17, 15) is 4.79 Å². The molecule has 0 fully saturated rings. The number of nitrogens with zero attached hydrogens (tertiary/aromatic N) is 4. The van der Waals surface area contributed by atoms with Crippen LogP contribution in [0.5, 0.6) is 11.5 Å². The van der Waals surface area contributed by atoms with Crippen LogP contribution >= 0.6 is 15.9 Å². The van der Waals surface area contributed by atoms with Gasteiger partial charge < -0.3 is 10.1 Å². The average molecular weight is 450 g/mol. The van der Waals surface area contributed by atoms with Crippen LogP contribution < -0.4 is 15.6 Å². The number of aromatic nitrogens is 4. The van der Waals surface area contributed by atoms with Crippen molar-refractivity contribution in [2.45, 2.75) is 13.0 Å². The summed E-state index contributed by atoms with van der Waals surface area (Å²) in [7, 11) is 0. The molecule has 7 nitrogen and oxygen atoms in total. The lowest BCUT2D eigenvalue weighted by atomic mass is 10.1. The van der Waals surface area contributed by atoms with E-state index in [0.29, 0.717) is 39.9 Å². The molecular weight excluding hydrogens is 434 g/mol. The summed E-state index contributed by atoms with van der Waals surface area (Å²) in [5, 5.41) is 4.08. The number of benzene rings is 1. The van der Waals surface area contributed by atoms with Gasteiger partial charge in [0.2, 0.25) is 5.95 Å². The molecule has 5 rings (SSSR count). The summed E-state index contributed by atoms with van der Waals surface area (Å²) >= 11 is 3.34. The lowest BCUT2D eigenvalue weighted by Gasteiger charge is -2.19. The van der Waals surface area contributed by atoms with E-state index in [-0.39, 0.29) is 5.56 Å². The molecule has 29 heavy (non-hydrogen) atoms. The Morgan fingerprint density at radius 2 is 1.97 bits per heavy atom. The van der Waals surface area contributed by atoms with Gasteiger partial charge in [0.1, 0.15) is 16.1 Å². The van der Waals surface area contributed by atoms with Gasteiger partial charge in [-0.15, -0.1) is 0 Å². The molecule has 0 unspecified atom stereocenters. The van der Waals surface area contributed by atoms with Crippen molar-refractivity contribution in [1.82, 2.24) is 19.5 Å². The molecule has 0 amide bonds. The zero-order valence-corrected chi connectivity index (χ0v) is 16.9. The molecule has 0 spiro atoms. The molecule has 0 bridgehead atoms. The molecule has 0 saturated carbocycles. The molecule has 1 aliphatic rings. The maximum Gasteiger partial charge on any atom is 0.264 e. The second-order valence-electron chi connectivity index (χ2n) is 6.70. The van der Waals surface area contributed by atoms with Crippen molar-refractivity contribution in [2.75, 3.05) is 11.9 Å². The fourth-order valence-corrected chi connectivity index (χ4v) is 3.70. The van der Waals surface area contributed by atoms with Crippen LogP contribution in [-0.2, 0) is 6.54 Å². The van der Waals surface area contributed by atoms with Crippen molar-refractivity contribution in [3.63, 3.8) is 0 Å². The first kappa shape index (κ1) is 17.8. The summed E-state index contributed by atoms with van der Waals surface area (Å²) in [6.45, 7) is 1.50. The topological polar surface area (TPSA) is 81.9 Å². The lowest BCUT2D eigenvalue weighted by molar-refractivity contribution is 0.482. The van der Waals surface area contributed by atoms with Crippen LogP contribution in [0.15, 0.2) is 64.3 Å². The number of hydrogen-bond acceptors (Lipinski definition) is 6. The first-order chi connectivity index (χ1) is 14.2. The maximum atomic E-state index is 12.8. The molecule has 1 aromatic carbocycles. The summed E-state index contributed by atoms with van der Waals surface area (Å²) in [6, 6.07) is 13.0. The summed E-state index contributed by atoms with van der Waals surface area (Å²) in [5.74, 6) is 2.01. The number of pyridine rings is 2. The molecule has 4 heterocycles. The minimum absolute atomic E-state index is 0.0720. The molecular formula is C21H16BrN5O2. The van der Waals surface area contributed by atoms with Gasteiger partial charge in [-0.1, -0.05) is 6.07 Å². The van der Waals surface area contributed by atoms with E-state index in [1.54, 1.807) is 29.1 Å². The van der Waals surface area contributed by atoms with Gasteiger partial charge >= 0.3 is 0 Å². The molecule has 0 saturated heterocycles. The molecule has 0 radical (unpaired) electrons. The molecule has 4 aromatic rings. The van der Waals surface area contributed by atoms with Gasteiger partial charge in [0.05, 0.1) is 16.8 Å². The largest absolute Gasteiger partial charge is 0.457 e. The maximum absolute atomic E-state index is 12.8. The van der Waals surface area contributed by atoms with Gasteiger partial charge in [-0.3, -0.25) is 9.36 Å². The summed E-state index contributed by atoms with van der Waals surface area (Å²) < 4.78 is 8.28. The van der Waals surface area contributed by atoms with Gasteiger partial charge in [-0.05, 0) is 52.7 Å². The normalized spacial score (nSPS) is 13.0. The first-order valence-corrected chi connectivity index (χ1v) is 10.0. The van der Waals surface area contributed by atoms with Crippen LogP contribution in [0.2, 0.25) is 0 Å². The van der Waals surface area contributed by atoms with Gasteiger partial charge in [0.15, 0.2) is 0 Å². The zero-order chi connectivity index (χ0) is 19.8. The number of anilines is 1. The summed E-state index contributed by atoms with van der Waals surface area (Å²) in [5.41, 5.74) is 1.83. The Labute approximate surface area is 174 Å². The monoisotopic (exact) mass is 449 g/mol. The third-order valence-electron chi connectivity index (χ3n) is 4.76. The van der Waals surface area contributed by atoms with E-state index < -0.39 is 0 Å². The third-order valence-corrected chi connectivity index (χ3v) is 5.19. The number of hydrogen-bond donors (Lipinski definition) is 1. The zero-order valence-electron chi connectivity index (χ0n) is 15.3. The van der Waals surface area contributed by atoms with Crippen LogP contribution in [0.3, 0.4) is 0 Å². The smallest absolute Gasteiger partial charge is 0.264 e. The minimum atomic E-state index is -0.0720. The predicted molar refractivity (Wildman–Crippen MR) is 114 cm³/mol. The number of nitrogens with one attached hydrogen (secondary N) is 1. The number of fused-ring (bicyclic) bond motifs is 2. The quantitative estimate of drug-likeness (QED) is 0.471. The van der Waals surface area contributed by atoms with Crippen molar-refractivity contribution >= 4 is 32.8 Å². The highest BCUT2D eigenvalue weighted by Gasteiger charge is 2.15. The van der Waals surface area contributed by atoms with Crippen LogP contribution in [0.4, 0.5) is 5.95 Å². The van der Waals surface area contributed by atoms with E-state index in [0.717, 1.165) is 23.9 Å².